The van der Waals surface area contributed by atoms with Crippen molar-refractivity contribution >= 4 is 16.8 Å². The molecule has 25 heavy (non-hydrogen) atoms. The normalized spacial score (nSPS) is 16.8. The van der Waals surface area contributed by atoms with E-state index in [0.29, 0.717) is 12.3 Å². The van der Waals surface area contributed by atoms with Crippen LogP contribution in [0.4, 0.5) is 0 Å². The highest BCUT2D eigenvalue weighted by Gasteiger charge is 2.23. The van der Waals surface area contributed by atoms with Crippen LogP contribution in [0.3, 0.4) is 0 Å². The molecule has 1 aromatic carbocycles. The number of methoxy groups -OCH3 is 1. The fourth-order valence-electron chi connectivity index (χ4n) is 3.69. The van der Waals surface area contributed by atoms with Crippen LogP contribution in [0.25, 0.3) is 10.9 Å². The molecule has 0 bridgehead atoms. The Labute approximate surface area is 148 Å². The van der Waals surface area contributed by atoms with Gasteiger partial charge in [-0.2, -0.15) is 0 Å². The number of benzene rings is 1. The first-order valence-electron chi connectivity index (χ1n) is 8.92. The van der Waals surface area contributed by atoms with Crippen LogP contribution in [-0.2, 0) is 11.2 Å². The van der Waals surface area contributed by atoms with Crippen LogP contribution in [0.15, 0.2) is 30.5 Å². The molecule has 0 saturated carbocycles. The maximum absolute atomic E-state index is 11.4. The molecule has 1 aliphatic rings. The van der Waals surface area contributed by atoms with Crippen LogP contribution in [-0.4, -0.2) is 47.2 Å². The van der Waals surface area contributed by atoms with Crippen molar-refractivity contribution < 1.29 is 14.6 Å². The van der Waals surface area contributed by atoms with Gasteiger partial charge in [-0.25, -0.2) is 0 Å². The number of aromatic nitrogens is 1. The summed E-state index contributed by atoms with van der Waals surface area (Å²) in [5.74, 6) is 1.43. The molecule has 1 amide bonds. The third-order valence-electron chi connectivity index (χ3n) is 5.16. The molecular formula is C20H26N2O3. The zero-order chi connectivity index (χ0) is 17.8. The number of amides is 1. The van der Waals surface area contributed by atoms with E-state index in [1.165, 1.54) is 0 Å². The maximum atomic E-state index is 11.4. The summed E-state index contributed by atoms with van der Waals surface area (Å²) >= 11 is 0. The summed E-state index contributed by atoms with van der Waals surface area (Å²) in [6, 6.07) is 7.80. The Morgan fingerprint density at radius 2 is 2.12 bits per heavy atom. The highest BCUT2D eigenvalue weighted by molar-refractivity contribution is 5.83. The molecule has 1 fully saturated rings. The van der Waals surface area contributed by atoms with Gasteiger partial charge in [0, 0.05) is 31.6 Å². The Kier molecular flexibility index (Phi) is 5.53. The van der Waals surface area contributed by atoms with Crippen LogP contribution in [0.2, 0.25) is 0 Å². The minimum Gasteiger partial charge on any atom is -0.497 e. The highest BCUT2D eigenvalue weighted by Crippen LogP contribution is 2.26. The molecule has 1 atom stereocenters. The first-order valence-corrected chi connectivity index (χ1v) is 8.92. The summed E-state index contributed by atoms with van der Waals surface area (Å²) in [6.07, 6.45) is 4.75. The lowest BCUT2D eigenvalue weighted by atomic mass is 9.89. The largest absolute Gasteiger partial charge is 0.497 e. The van der Waals surface area contributed by atoms with Gasteiger partial charge in [-0.1, -0.05) is 0 Å². The topological polar surface area (TPSA) is 62.7 Å². The number of carbonyl (C=O) groups is 1. The minimum atomic E-state index is -0.384. The van der Waals surface area contributed by atoms with Crippen molar-refractivity contribution in [2.75, 3.05) is 20.2 Å². The summed E-state index contributed by atoms with van der Waals surface area (Å²) in [5.41, 5.74) is 2.01. The molecule has 5 heteroatoms. The number of pyridine rings is 1. The summed E-state index contributed by atoms with van der Waals surface area (Å²) < 4.78 is 5.31. The zero-order valence-electron chi connectivity index (χ0n) is 14.9. The SMILES string of the molecule is COc1ccc2nccc(CC(O)CC3CCN(C(C)=O)CC3)c2c1. The highest BCUT2D eigenvalue weighted by atomic mass is 16.5. The number of hydrogen-bond donors (Lipinski definition) is 1. The zero-order valence-corrected chi connectivity index (χ0v) is 14.9. The van der Waals surface area contributed by atoms with E-state index in [4.69, 9.17) is 4.74 Å². The molecule has 0 radical (unpaired) electrons. The standard InChI is InChI=1S/C20H26N2O3/c1-14(23)22-9-6-15(7-10-22)11-17(24)12-16-5-8-21-20-4-3-18(25-2)13-19(16)20/h3-5,8,13,15,17,24H,6-7,9-12H2,1-2H3. The Morgan fingerprint density at radius 1 is 1.36 bits per heavy atom. The third kappa shape index (κ3) is 4.28. The van der Waals surface area contributed by atoms with E-state index < -0.39 is 0 Å². The van der Waals surface area contributed by atoms with Crippen LogP contribution < -0.4 is 4.74 Å². The van der Waals surface area contributed by atoms with Gasteiger partial charge < -0.3 is 14.7 Å². The molecule has 1 aromatic heterocycles. The quantitative estimate of drug-likeness (QED) is 0.907. The van der Waals surface area contributed by atoms with Crippen LogP contribution in [0, 0.1) is 5.92 Å². The number of likely N-dealkylation sites (tertiary alicyclic amines) is 1. The first-order chi connectivity index (χ1) is 12.1. The molecule has 1 aliphatic heterocycles. The van der Waals surface area contributed by atoms with Crippen LogP contribution in [0.1, 0.15) is 31.7 Å². The second kappa shape index (κ2) is 7.83. The van der Waals surface area contributed by atoms with E-state index in [9.17, 15) is 9.90 Å². The van der Waals surface area contributed by atoms with Crippen molar-refractivity contribution in [3.8, 4) is 5.75 Å². The molecule has 1 N–H and O–H groups in total. The number of rotatable bonds is 5. The Bertz CT molecular complexity index is 739. The van der Waals surface area contributed by atoms with Crippen LogP contribution in [0.5, 0.6) is 5.75 Å². The summed E-state index contributed by atoms with van der Waals surface area (Å²) in [5, 5.41) is 11.6. The minimum absolute atomic E-state index is 0.149. The number of nitrogens with zero attached hydrogens (tertiary/aromatic N) is 2. The van der Waals surface area contributed by atoms with E-state index in [1.807, 2.05) is 29.2 Å². The monoisotopic (exact) mass is 342 g/mol. The lowest BCUT2D eigenvalue weighted by Gasteiger charge is -2.32. The van der Waals surface area contributed by atoms with Gasteiger partial charge in [0.15, 0.2) is 0 Å². The fraction of sp³-hybridized carbons (Fsp3) is 0.500. The Hall–Kier alpha value is -2.14. The van der Waals surface area contributed by atoms with Gasteiger partial charge in [-0.3, -0.25) is 9.78 Å². The number of fused-ring (bicyclic) bond motifs is 1. The van der Waals surface area contributed by atoms with Gasteiger partial charge in [0.2, 0.25) is 5.91 Å². The predicted molar refractivity (Wildman–Crippen MR) is 97.6 cm³/mol. The lowest BCUT2D eigenvalue weighted by molar-refractivity contribution is -0.130. The van der Waals surface area contributed by atoms with Gasteiger partial charge >= 0.3 is 0 Å². The number of aliphatic hydroxyl groups is 1. The van der Waals surface area contributed by atoms with E-state index in [2.05, 4.69) is 4.98 Å². The number of aliphatic hydroxyl groups excluding tert-OH is 1. The van der Waals surface area contributed by atoms with Gasteiger partial charge in [0.25, 0.3) is 0 Å². The molecule has 2 heterocycles. The van der Waals surface area contributed by atoms with Gasteiger partial charge in [0.05, 0.1) is 18.7 Å². The van der Waals surface area contributed by atoms with Crippen molar-refractivity contribution in [2.45, 2.75) is 38.7 Å². The molecule has 3 rings (SSSR count). The van der Waals surface area contributed by atoms with E-state index in [-0.39, 0.29) is 12.0 Å². The van der Waals surface area contributed by atoms with Crippen LogP contribution >= 0.6 is 0 Å². The van der Waals surface area contributed by atoms with Gasteiger partial charge in [-0.05, 0) is 61.4 Å². The number of hydrogen-bond acceptors (Lipinski definition) is 4. The Balaban J connectivity index is 1.64. The van der Waals surface area contributed by atoms with Crippen molar-refractivity contribution in [3.05, 3.63) is 36.0 Å². The second-order valence-corrected chi connectivity index (χ2v) is 6.90. The summed E-state index contributed by atoms with van der Waals surface area (Å²) in [6.45, 7) is 3.24. The molecule has 5 nitrogen and oxygen atoms in total. The molecule has 0 aliphatic carbocycles. The van der Waals surface area contributed by atoms with Crippen molar-refractivity contribution in [2.24, 2.45) is 5.92 Å². The first kappa shape index (κ1) is 17.7. The second-order valence-electron chi connectivity index (χ2n) is 6.90. The van der Waals surface area contributed by atoms with Crippen molar-refractivity contribution in [3.63, 3.8) is 0 Å². The molecule has 134 valence electrons. The summed E-state index contributed by atoms with van der Waals surface area (Å²) in [7, 11) is 1.65. The lowest BCUT2D eigenvalue weighted by Crippen LogP contribution is -2.37. The van der Waals surface area contributed by atoms with Gasteiger partial charge in [-0.15, -0.1) is 0 Å². The average Bonchev–Trinajstić information content (AvgIpc) is 2.62. The predicted octanol–water partition coefficient (Wildman–Crippen LogP) is 2.80. The Morgan fingerprint density at radius 3 is 2.80 bits per heavy atom. The molecule has 2 aromatic rings. The van der Waals surface area contributed by atoms with Crippen molar-refractivity contribution in [1.29, 1.82) is 0 Å². The number of piperidine rings is 1. The molecular weight excluding hydrogens is 316 g/mol. The molecule has 1 unspecified atom stereocenters. The molecule has 0 spiro atoms. The fourth-order valence-corrected chi connectivity index (χ4v) is 3.69. The number of carbonyl (C=O) groups excluding carboxylic acids is 1. The smallest absolute Gasteiger partial charge is 0.219 e. The molecule has 1 saturated heterocycles. The average molecular weight is 342 g/mol. The van der Waals surface area contributed by atoms with Crippen molar-refractivity contribution in [1.82, 2.24) is 9.88 Å². The maximum Gasteiger partial charge on any atom is 0.219 e. The van der Waals surface area contributed by atoms with E-state index in [0.717, 1.165) is 54.6 Å². The van der Waals surface area contributed by atoms with E-state index >= 15 is 0 Å². The van der Waals surface area contributed by atoms with E-state index in [1.54, 1.807) is 20.2 Å². The third-order valence-corrected chi connectivity index (χ3v) is 5.16. The number of ether oxygens (including phenoxy) is 1. The van der Waals surface area contributed by atoms with Gasteiger partial charge in [0.1, 0.15) is 5.75 Å². The summed E-state index contributed by atoms with van der Waals surface area (Å²) in [4.78, 5) is 17.7.